The van der Waals surface area contributed by atoms with Crippen LogP contribution in [-0.4, -0.2) is 22.6 Å². The molecule has 0 aliphatic heterocycles. The number of aliphatic carboxylic acids is 1. The molecule has 0 aromatic carbocycles. The Kier molecular flexibility index (Phi) is 2.72. The Hall–Kier alpha value is -2.09. The van der Waals surface area contributed by atoms with Crippen LogP contribution in [0.5, 0.6) is 0 Å². The SMILES string of the molecule is Cc1ccc(C#N)c(NCC2(C(=O)O)CC2)n1. The number of aromatic nitrogens is 1. The van der Waals surface area contributed by atoms with Crippen LogP contribution >= 0.6 is 0 Å². The van der Waals surface area contributed by atoms with Gasteiger partial charge in [-0.1, -0.05) is 0 Å². The van der Waals surface area contributed by atoms with E-state index >= 15 is 0 Å². The first kappa shape index (κ1) is 11.4. The molecule has 1 fully saturated rings. The zero-order valence-corrected chi connectivity index (χ0v) is 9.53. The summed E-state index contributed by atoms with van der Waals surface area (Å²) in [6, 6.07) is 5.48. The van der Waals surface area contributed by atoms with Crippen LogP contribution in [0.3, 0.4) is 0 Å². The average Bonchev–Trinajstić information content (AvgIpc) is 3.07. The number of anilines is 1. The predicted octanol–water partition coefficient (Wildman–Crippen LogP) is 1.54. The minimum absolute atomic E-state index is 0.327. The molecule has 1 heterocycles. The van der Waals surface area contributed by atoms with E-state index in [-0.39, 0.29) is 0 Å². The topological polar surface area (TPSA) is 86.0 Å². The molecule has 1 aromatic rings. The van der Waals surface area contributed by atoms with Crippen LogP contribution in [0, 0.1) is 23.7 Å². The van der Waals surface area contributed by atoms with Crippen LogP contribution < -0.4 is 5.32 Å². The first-order valence-corrected chi connectivity index (χ1v) is 5.42. The molecule has 1 aliphatic rings. The highest BCUT2D eigenvalue weighted by molar-refractivity contribution is 5.78. The summed E-state index contributed by atoms with van der Waals surface area (Å²) in [5.41, 5.74) is 0.585. The standard InChI is InChI=1S/C12H13N3O2/c1-8-2-3-9(6-13)10(15-8)14-7-12(4-5-12)11(16)17/h2-3H,4-5,7H2,1H3,(H,14,15)(H,16,17). The van der Waals surface area contributed by atoms with Crippen LogP contribution in [0.4, 0.5) is 5.82 Å². The van der Waals surface area contributed by atoms with E-state index in [2.05, 4.69) is 10.3 Å². The van der Waals surface area contributed by atoms with Gasteiger partial charge in [0.1, 0.15) is 11.9 Å². The molecule has 1 aromatic heterocycles. The van der Waals surface area contributed by atoms with Gasteiger partial charge >= 0.3 is 5.97 Å². The van der Waals surface area contributed by atoms with E-state index in [9.17, 15) is 4.79 Å². The maximum absolute atomic E-state index is 11.0. The molecule has 88 valence electrons. The van der Waals surface area contributed by atoms with Crippen LogP contribution in [0.25, 0.3) is 0 Å². The lowest BCUT2D eigenvalue weighted by Crippen LogP contribution is -2.25. The van der Waals surface area contributed by atoms with Crippen molar-refractivity contribution in [1.29, 1.82) is 5.26 Å². The molecule has 0 atom stereocenters. The van der Waals surface area contributed by atoms with Gasteiger partial charge in [-0.25, -0.2) is 4.98 Å². The maximum Gasteiger partial charge on any atom is 0.311 e. The number of nitriles is 1. The van der Waals surface area contributed by atoms with E-state index in [1.807, 2.05) is 13.0 Å². The largest absolute Gasteiger partial charge is 0.481 e. The van der Waals surface area contributed by atoms with Crippen LogP contribution in [0.2, 0.25) is 0 Å². The molecule has 2 N–H and O–H groups in total. The summed E-state index contributed by atoms with van der Waals surface area (Å²) in [6.45, 7) is 2.16. The van der Waals surface area contributed by atoms with E-state index in [1.165, 1.54) is 0 Å². The van der Waals surface area contributed by atoms with Crippen molar-refractivity contribution in [3.8, 4) is 6.07 Å². The smallest absolute Gasteiger partial charge is 0.311 e. The van der Waals surface area contributed by atoms with Gasteiger partial charge in [0.25, 0.3) is 0 Å². The van der Waals surface area contributed by atoms with Crippen molar-refractivity contribution < 1.29 is 9.90 Å². The van der Waals surface area contributed by atoms with Crippen molar-refractivity contribution in [3.05, 3.63) is 23.4 Å². The van der Waals surface area contributed by atoms with Gasteiger partial charge in [0.05, 0.1) is 11.0 Å². The Balaban J connectivity index is 2.12. The lowest BCUT2D eigenvalue weighted by molar-refractivity contribution is -0.142. The third-order valence-electron chi connectivity index (χ3n) is 3.06. The fraction of sp³-hybridized carbons (Fsp3) is 0.417. The van der Waals surface area contributed by atoms with Gasteiger partial charge in [0.2, 0.25) is 0 Å². The summed E-state index contributed by atoms with van der Waals surface area (Å²) in [7, 11) is 0. The Morgan fingerprint density at radius 3 is 2.88 bits per heavy atom. The third-order valence-corrected chi connectivity index (χ3v) is 3.06. The minimum atomic E-state index is -0.781. The summed E-state index contributed by atoms with van der Waals surface area (Å²) >= 11 is 0. The van der Waals surface area contributed by atoms with Crippen molar-refractivity contribution in [2.24, 2.45) is 5.41 Å². The first-order chi connectivity index (χ1) is 8.07. The van der Waals surface area contributed by atoms with Gasteiger partial charge in [-0.15, -0.1) is 0 Å². The number of carboxylic acids is 1. The molecular weight excluding hydrogens is 218 g/mol. The quantitative estimate of drug-likeness (QED) is 0.820. The zero-order valence-electron chi connectivity index (χ0n) is 9.53. The van der Waals surface area contributed by atoms with E-state index < -0.39 is 11.4 Å². The number of carboxylic acid groups (broad SMARTS) is 1. The Morgan fingerprint density at radius 1 is 1.65 bits per heavy atom. The van der Waals surface area contributed by atoms with Crippen LogP contribution in [0.1, 0.15) is 24.1 Å². The number of hydrogen-bond acceptors (Lipinski definition) is 4. The molecule has 0 bridgehead atoms. The fourth-order valence-corrected chi connectivity index (χ4v) is 1.65. The van der Waals surface area contributed by atoms with Gasteiger partial charge in [-0.2, -0.15) is 5.26 Å². The summed E-state index contributed by atoms with van der Waals surface area (Å²) in [4.78, 5) is 15.2. The zero-order chi connectivity index (χ0) is 12.5. The lowest BCUT2D eigenvalue weighted by Gasteiger charge is -2.12. The maximum atomic E-state index is 11.0. The summed E-state index contributed by atoms with van der Waals surface area (Å²) in [6.07, 6.45) is 1.37. The molecule has 0 saturated heterocycles. The van der Waals surface area contributed by atoms with Crippen molar-refractivity contribution in [2.45, 2.75) is 19.8 Å². The monoisotopic (exact) mass is 231 g/mol. The van der Waals surface area contributed by atoms with Gasteiger partial charge in [0.15, 0.2) is 0 Å². The average molecular weight is 231 g/mol. The van der Waals surface area contributed by atoms with Gasteiger partial charge in [-0.05, 0) is 31.9 Å². The van der Waals surface area contributed by atoms with Crippen molar-refractivity contribution >= 4 is 11.8 Å². The van der Waals surface area contributed by atoms with Crippen molar-refractivity contribution in [2.75, 3.05) is 11.9 Å². The molecule has 5 heteroatoms. The van der Waals surface area contributed by atoms with E-state index in [0.29, 0.717) is 30.8 Å². The molecular formula is C12H13N3O2. The summed E-state index contributed by atoms with van der Waals surface area (Å²) in [5.74, 6) is -0.309. The molecule has 0 amide bonds. The second kappa shape index (κ2) is 4.06. The summed E-state index contributed by atoms with van der Waals surface area (Å²) in [5, 5.41) is 20.9. The first-order valence-electron chi connectivity index (χ1n) is 5.42. The van der Waals surface area contributed by atoms with Gasteiger partial charge in [-0.3, -0.25) is 4.79 Å². The Bertz CT molecular complexity index is 501. The molecule has 1 saturated carbocycles. The Morgan fingerprint density at radius 2 is 2.35 bits per heavy atom. The number of aryl methyl sites for hydroxylation is 1. The highest BCUT2D eigenvalue weighted by Crippen LogP contribution is 2.45. The minimum Gasteiger partial charge on any atom is -0.481 e. The fourth-order valence-electron chi connectivity index (χ4n) is 1.65. The molecule has 2 rings (SSSR count). The lowest BCUT2D eigenvalue weighted by atomic mass is 10.1. The van der Waals surface area contributed by atoms with Crippen molar-refractivity contribution in [3.63, 3.8) is 0 Å². The molecule has 0 radical (unpaired) electrons. The second-order valence-electron chi connectivity index (χ2n) is 4.40. The number of nitrogens with zero attached hydrogens (tertiary/aromatic N) is 2. The van der Waals surface area contributed by atoms with Gasteiger partial charge in [0, 0.05) is 12.2 Å². The highest BCUT2D eigenvalue weighted by Gasteiger charge is 2.50. The van der Waals surface area contributed by atoms with Crippen molar-refractivity contribution in [1.82, 2.24) is 4.98 Å². The number of pyridine rings is 1. The Labute approximate surface area is 99.1 Å². The van der Waals surface area contributed by atoms with E-state index in [0.717, 1.165) is 5.69 Å². The number of carbonyl (C=O) groups is 1. The molecule has 17 heavy (non-hydrogen) atoms. The number of nitrogens with one attached hydrogen (secondary N) is 1. The molecule has 0 spiro atoms. The number of hydrogen-bond donors (Lipinski definition) is 2. The predicted molar refractivity (Wildman–Crippen MR) is 61.5 cm³/mol. The molecule has 1 aliphatic carbocycles. The molecule has 0 unspecified atom stereocenters. The highest BCUT2D eigenvalue weighted by atomic mass is 16.4. The van der Waals surface area contributed by atoms with E-state index in [1.54, 1.807) is 12.1 Å². The summed E-state index contributed by atoms with van der Waals surface area (Å²) < 4.78 is 0. The number of rotatable bonds is 4. The van der Waals surface area contributed by atoms with Crippen LogP contribution in [0.15, 0.2) is 12.1 Å². The van der Waals surface area contributed by atoms with Crippen LogP contribution in [-0.2, 0) is 4.79 Å². The normalized spacial score (nSPS) is 16.0. The second-order valence-corrected chi connectivity index (χ2v) is 4.40. The third kappa shape index (κ3) is 2.21. The van der Waals surface area contributed by atoms with Gasteiger partial charge < -0.3 is 10.4 Å². The molecule has 5 nitrogen and oxygen atoms in total. The van der Waals surface area contributed by atoms with E-state index in [4.69, 9.17) is 10.4 Å².